The van der Waals surface area contributed by atoms with Gasteiger partial charge >= 0.3 is 0 Å². The lowest BCUT2D eigenvalue weighted by molar-refractivity contribution is -0.133. The Hall–Kier alpha value is -1.35. The second kappa shape index (κ2) is 6.71. The maximum atomic E-state index is 11.9. The zero-order valence-corrected chi connectivity index (χ0v) is 12.0. The molecule has 104 valence electrons. The van der Waals surface area contributed by atoms with Crippen LogP contribution >= 0.6 is 0 Å². The molecule has 1 amide bonds. The Labute approximate surface area is 116 Å². The molecular weight excluding hydrogens is 236 g/mol. The van der Waals surface area contributed by atoms with Crippen LogP contribution in [-0.4, -0.2) is 30.4 Å². The van der Waals surface area contributed by atoms with Crippen LogP contribution in [0.5, 0.6) is 0 Å². The molecule has 3 heteroatoms. The lowest BCUT2D eigenvalue weighted by Gasteiger charge is -2.28. The Bertz CT molecular complexity index is 431. The van der Waals surface area contributed by atoms with Crippen molar-refractivity contribution >= 4 is 5.91 Å². The fraction of sp³-hybridized carbons (Fsp3) is 0.562. The molecule has 2 rings (SSSR count). The number of likely N-dealkylation sites (N-methyl/N-ethyl adjacent to an activating group) is 1. The van der Waals surface area contributed by atoms with E-state index < -0.39 is 0 Å². The van der Waals surface area contributed by atoms with Crippen LogP contribution in [0.15, 0.2) is 24.3 Å². The summed E-state index contributed by atoms with van der Waals surface area (Å²) in [6.45, 7) is 3.86. The molecule has 1 aliphatic rings. The zero-order chi connectivity index (χ0) is 13.7. The molecule has 3 nitrogen and oxygen atoms in total. The van der Waals surface area contributed by atoms with Crippen LogP contribution in [0, 0.1) is 0 Å². The minimum Gasteiger partial charge on any atom is -0.338 e. The van der Waals surface area contributed by atoms with E-state index in [1.165, 1.54) is 11.1 Å². The van der Waals surface area contributed by atoms with Crippen LogP contribution in [0.25, 0.3) is 0 Å². The third-order valence-corrected chi connectivity index (χ3v) is 3.92. The summed E-state index contributed by atoms with van der Waals surface area (Å²) in [6.07, 6.45) is 3.92. The smallest absolute Gasteiger partial charge is 0.222 e. The topological polar surface area (TPSA) is 32.3 Å². The number of hydrogen-bond acceptors (Lipinski definition) is 2. The first kappa shape index (κ1) is 14.1. The van der Waals surface area contributed by atoms with Crippen LogP contribution in [0.4, 0.5) is 0 Å². The molecule has 0 saturated carbocycles. The number of nitrogens with one attached hydrogen (secondary N) is 1. The molecule has 1 aromatic carbocycles. The number of piperidine rings is 1. The maximum absolute atomic E-state index is 11.9. The minimum absolute atomic E-state index is 0.308. The van der Waals surface area contributed by atoms with Crippen molar-refractivity contribution in [3.05, 3.63) is 35.4 Å². The summed E-state index contributed by atoms with van der Waals surface area (Å²) in [5, 5.41) is 3.27. The van der Waals surface area contributed by atoms with E-state index in [-0.39, 0.29) is 0 Å². The summed E-state index contributed by atoms with van der Waals surface area (Å²) < 4.78 is 0. The van der Waals surface area contributed by atoms with Gasteiger partial charge in [0.25, 0.3) is 0 Å². The van der Waals surface area contributed by atoms with Gasteiger partial charge in [0.05, 0.1) is 0 Å². The van der Waals surface area contributed by atoms with Gasteiger partial charge in [0.2, 0.25) is 5.91 Å². The quantitative estimate of drug-likeness (QED) is 0.881. The molecule has 0 spiro atoms. The number of amides is 1. The normalized spacial score (nSPS) is 17.6. The van der Waals surface area contributed by atoms with Gasteiger partial charge in [-0.15, -0.1) is 0 Å². The van der Waals surface area contributed by atoms with Crippen molar-refractivity contribution in [2.75, 3.05) is 13.6 Å². The number of carbonyl (C=O) groups is 1. The Balaban J connectivity index is 2.08. The average molecular weight is 260 g/mol. The molecule has 0 aliphatic carbocycles. The van der Waals surface area contributed by atoms with Crippen molar-refractivity contribution in [3.63, 3.8) is 0 Å². The number of likely N-dealkylation sites (tertiary alicyclic amines) is 1. The van der Waals surface area contributed by atoms with E-state index in [1.807, 2.05) is 11.9 Å². The van der Waals surface area contributed by atoms with E-state index in [1.54, 1.807) is 0 Å². The van der Waals surface area contributed by atoms with Gasteiger partial charge in [-0.25, -0.2) is 0 Å². The fourth-order valence-electron chi connectivity index (χ4n) is 2.58. The van der Waals surface area contributed by atoms with E-state index in [0.717, 1.165) is 38.8 Å². The van der Waals surface area contributed by atoms with Gasteiger partial charge < -0.3 is 10.2 Å². The van der Waals surface area contributed by atoms with Crippen LogP contribution < -0.4 is 5.32 Å². The molecule has 1 saturated heterocycles. The first-order chi connectivity index (χ1) is 9.20. The SMILES string of the molecule is CNC(C)Cc1ccccc1CN1CCCCC1=O. The molecule has 1 fully saturated rings. The monoisotopic (exact) mass is 260 g/mol. The fourth-order valence-corrected chi connectivity index (χ4v) is 2.58. The summed E-state index contributed by atoms with van der Waals surface area (Å²) in [7, 11) is 1.99. The van der Waals surface area contributed by atoms with Gasteiger partial charge in [-0.05, 0) is 44.4 Å². The average Bonchev–Trinajstić information content (AvgIpc) is 2.43. The van der Waals surface area contributed by atoms with E-state index in [4.69, 9.17) is 0 Å². The van der Waals surface area contributed by atoms with Crippen molar-refractivity contribution in [2.24, 2.45) is 0 Å². The van der Waals surface area contributed by atoms with E-state index in [0.29, 0.717) is 11.9 Å². The lowest BCUT2D eigenvalue weighted by atomic mass is 9.99. The van der Waals surface area contributed by atoms with E-state index in [2.05, 4.69) is 36.5 Å². The molecule has 1 heterocycles. The first-order valence-electron chi connectivity index (χ1n) is 7.22. The Morgan fingerprint density at radius 3 is 2.68 bits per heavy atom. The summed E-state index contributed by atoms with van der Waals surface area (Å²) in [5.74, 6) is 0.308. The second-order valence-electron chi connectivity index (χ2n) is 5.43. The highest BCUT2D eigenvalue weighted by Crippen LogP contribution is 2.18. The second-order valence-corrected chi connectivity index (χ2v) is 5.43. The predicted molar refractivity (Wildman–Crippen MR) is 77.9 cm³/mol. The largest absolute Gasteiger partial charge is 0.338 e. The molecule has 0 bridgehead atoms. The molecule has 1 aliphatic heterocycles. The molecule has 1 N–H and O–H groups in total. The maximum Gasteiger partial charge on any atom is 0.222 e. The highest BCUT2D eigenvalue weighted by atomic mass is 16.2. The lowest BCUT2D eigenvalue weighted by Crippen LogP contribution is -2.35. The van der Waals surface area contributed by atoms with Crippen molar-refractivity contribution < 1.29 is 4.79 Å². The van der Waals surface area contributed by atoms with E-state index >= 15 is 0 Å². The van der Waals surface area contributed by atoms with Gasteiger partial charge in [0.1, 0.15) is 0 Å². The molecule has 1 aromatic rings. The van der Waals surface area contributed by atoms with Crippen molar-refractivity contribution in [1.82, 2.24) is 10.2 Å². The highest BCUT2D eigenvalue weighted by Gasteiger charge is 2.19. The van der Waals surface area contributed by atoms with Gasteiger partial charge in [-0.2, -0.15) is 0 Å². The van der Waals surface area contributed by atoms with Gasteiger partial charge in [0.15, 0.2) is 0 Å². The summed E-state index contributed by atoms with van der Waals surface area (Å²) in [4.78, 5) is 13.9. The molecule has 19 heavy (non-hydrogen) atoms. The molecular formula is C16H24N2O. The highest BCUT2D eigenvalue weighted by molar-refractivity contribution is 5.76. The Morgan fingerprint density at radius 1 is 1.26 bits per heavy atom. The summed E-state index contributed by atoms with van der Waals surface area (Å²) >= 11 is 0. The molecule has 1 unspecified atom stereocenters. The van der Waals surface area contributed by atoms with Crippen LogP contribution in [0.2, 0.25) is 0 Å². The van der Waals surface area contributed by atoms with Gasteiger partial charge in [-0.1, -0.05) is 24.3 Å². The van der Waals surface area contributed by atoms with Gasteiger partial charge in [-0.3, -0.25) is 4.79 Å². The van der Waals surface area contributed by atoms with E-state index in [9.17, 15) is 4.79 Å². The van der Waals surface area contributed by atoms with Crippen molar-refractivity contribution in [2.45, 2.75) is 45.2 Å². The first-order valence-corrected chi connectivity index (χ1v) is 7.22. The Kier molecular flexibility index (Phi) is 4.97. The molecule has 1 atom stereocenters. The molecule has 0 aromatic heterocycles. The van der Waals surface area contributed by atoms with Crippen LogP contribution in [-0.2, 0) is 17.8 Å². The minimum atomic E-state index is 0.308. The van der Waals surface area contributed by atoms with Gasteiger partial charge in [0, 0.05) is 25.6 Å². The number of nitrogens with zero attached hydrogens (tertiary/aromatic N) is 1. The summed E-state index contributed by atoms with van der Waals surface area (Å²) in [5.41, 5.74) is 2.64. The zero-order valence-electron chi connectivity index (χ0n) is 12.0. The summed E-state index contributed by atoms with van der Waals surface area (Å²) in [6, 6.07) is 8.94. The van der Waals surface area contributed by atoms with Crippen LogP contribution in [0.1, 0.15) is 37.3 Å². The van der Waals surface area contributed by atoms with Crippen molar-refractivity contribution in [1.29, 1.82) is 0 Å². The molecule has 0 radical (unpaired) electrons. The predicted octanol–water partition coefficient (Wildman–Crippen LogP) is 2.35. The number of benzene rings is 1. The van der Waals surface area contributed by atoms with Crippen molar-refractivity contribution in [3.8, 4) is 0 Å². The Morgan fingerprint density at radius 2 is 2.00 bits per heavy atom. The van der Waals surface area contributed by atoms with Crippen LogP contribution in [0.3, 0.4) is 0 Å². The number of hydrogen-bond donors (Lipinski definition) is 1. The number of rotatable bonds is 5. The third-order valence-electron chi connectivity index (χ3n) is 3.92. The number of carbonyl (C=O) groups excluding carboxylic acids is 1. The third kappa shape index (κ3) is 3.80. The standard InChI is InChI=1S/C16H24N2O/c1-13(17-2)11-14-7-3-4-8-15(14)12-18-10-6-5-9-16(18)19/h3-4,7-8,13,17H,5-6,9-12H2,1-2H3.